The van der Waals surface area contributed by atoms with Gasteiger partial charge in [0.25, 0.3) is 5.91 Å². The van der Waals surface area contributed by atoms with Crippen molar-refractivity contribution in [2.75, 3.05) is 19.0 Å². The molecule has 0 saturated carbocycles. The Bertz CT molecular complexity index is 1070. The molecule has 156 valence electrons. The first kappa shape index (κ1) is 21.9. The molecule has 0 fully saturated rings. The van der Waals surface area contributed by atoms with Crippen LogP contribution in [0.5, 0.6) is 5.75 Å². The van der Waals surface area contributed by atoms with Crippen molar-refractivity contribution in [3.63, 3.8) is 0 Å². The van der Waals surface area contributed by atoms with Gasteiger partial charge in [0.2, 0.25) is 0 Å². The zero-order valence-corrected chi connectivity index (χ0v) is 18.7. The van der Waals surface area contributed by atoms with Gasteiger partial charge in [-0.1, -0.05) is 41.9 Å². The lowest BCUT2D eigenvalue weighted by Gasteiger charge is -2.11. The van der Waals surface area contributed by atoms with Crippen molar-refractivity contribution >= 4 is 39.8 Å². The number of hydrogen-bond donors (Lipinski definition) is 1. The summed E-state index contributed by atoms with van der Waals surface area (Å²) in [5.74, 6) is -0.310. The van der Waals surface area contributed by atoms with Gasteiger partial charge in [0.1, 0.15) is 16.3 Å². The zero-order chi connectivity index (χ0) is 21.8. The normalized spacial score (nSPS) is 10.6. The molecule has 0 bridgehead atoms. The monoisotopic (exact) mass is 443 g/mol. The molecular weight excluding hydrogens is 422 g/mol. The fourth-order valence-corrected chi connectivity index (χ4v) is 4.37. The smallest absolute Gasteiger partial charge is 0.341 e. The van der Waals surface area contributed by atoms with E-state index in [9.17, 15) is 9.59 Å². The van der Waals surface area contributed by atoms with Gasteiger partial charge in [0.15, 0.2) is 6.61 Å². The fraction of sp³-hybridized carbons (Fsp3) is 0.217. The largest absolute Gasteiger partial charge is 0.484 e. The molecule has 3 aromatic rings. The van der Waals surface area contributed by atoms with Crippen molar-refractivity contribution in [2.24, 2.45) is 0 Å². The number of nitrogens with one attached hydrogen (secondary N) is 1. The Morgan fingerprint density at radius 2 is 1.70 bits per heavy atom. The van der Waals surface area contributed by atoms with E-state index in [4.69, 9.17) is 21.1 Å². The summed E-state index contributed by atoms with van der Waals surface area (Å²) >= 11 is 7.50. The van der Waals surface area contributed by atoms with Gasteiger partial charge in [0.05, 0.1) is 7.11 Å². The molecule has 1 aromatic heterocycles. The van der Waals surface area contributed by atoms with Crippen molar-refractivity contribution in [1.29, 1.82) is 0 Å². The second-order valence-electron chi connectivity index (χ2n) is 6.80. The van der Waals surface area contributed by atoms with Gasteiger partial charge in [0, 0.05) is 15.5 Å². The number of aryl methyl sites for hydroxylation is 3. The Hall–Kier alpha value is -2.83. The summed E-state index contributed by atoms with van der Waals surface area (Å²) in [4.78, 5) is 25.9. The van der Waals surface area contributed by atoms with Gasteiger partial charge in [-0.15, -0.1) is 11.3 Å². The Morgan fingerprint density at radius 1 is 1.07 bits per heavy atom. The highest BCUT2D eigenvalue weighted by molar-refractivity contribution is 7.17. The molecular formula is C23H22ClNO4S. The predicted octanol–water partition coefficient (Wildman–Crippen LogP) is 5.80. The number of carbonyl (C=O) groups is 2. The highest BCUT2D eigenvalue weighted by Gasteiger charge is 2.25. The molecule has 0 radical (unpaired) electrons. The van der Waals surface area contributed by atoms with E-state index in [0.717, 1.165) is 27.1 Å². The molecule has 0 unspecified atom stereocenters. The zero-order valence-electron chi connectivity index (χ0n) is 17.2. The van der Waals surface area contributed by atoms with Gasteiger partial charge in [-0.3, -0.25) is 4.79 Å². The number of halogens is 1. The maximum absolute atomic E-state index is 12.5. The van der Waals surface area contributed by atoms with Crippen LogP contribution < -0.4 is 10.1 Å². The third-order valence-corrected chi connectivity index (χ3v) is 6.19. The van der Waals surface area contributed by atoms with Gasteiger partial charge in [-0.05, 0) is 49.6 Å². The first-order valence-corrected chi connectivity index (χ1v) is 10.5. The van der Waals surface area contributed by atoms with Gasteiger partial charge >= 0.3 is 5.97 Å². The Labute approximate surface area is 184 Å². The van der Waals surface area contributed by atoms with E-state index in [1.54, 1.807) is 12.1 Å². The van der Waals surface area contributed by atoms with E-state index in [-0.39, 0.29) is 12.5 Å². The fourth-order valence-electron chi connectivity index (χ4n) is 3.18. The molecule has 7 heteroatoms. The Morgan fingerprint density at radius 3 is 2.30 bits per heavy atom. The number of anilines is 1. The first-order chi connectivity index (χ1) is 14.3. The van der Waals surface area contributed by atoms with Crippen LogP contribution in [0.4, 0.5) is 5.00 Å². The van der Waals surface area contributed by atoms with Gasteiger partial charge in [-0.2, -0.15) is 0 Å². The Kier molecular flexibility index (Phi) is 6.80. The first-order valence-electron chi connectivity index (χ1n) is 9.28. The SMILES string of the molecule is COC(=O)c1c(NC(=O)COc2cc(C)c(Cl)c(C)c2)sc(C)c1-c1ccccc1. The molecule has 1 amide bonds. The number of thiophene rings is 1. The summed E-state index contributed by atoms with van der Waals surface area (Å²) in [6.07, 6.45) is 0. The molecule has 0 atom stereocenters. The number of hydrogen-bond acceptors (Lipinski definition) is 5. The van der Waals surface area contributed by atoms with Crippen molar-refractivity contribution in [3.8, 4) is 16.9 Å². The minimum absolute atomic E-state index is 0.196. The lowest BCUT2D eigenvalue weighted by Crippen LogP contribution is -2.21. The van der Waals surface area contributed by atoms with E-state index >= 15 is 0 Å². The lowest BCUT2D eigenvalue weighted by atomic mass is 10.0. The highest BCUT2D eigenvalue weighted by atomic mass is 35.5. The molecule has 30 heavy (non-hydrogen) atoms. The van der Waals surface area contributed by atoms with Gasteiger partial charge in [-0.25, -0.2) is 4.79 Å². The quantitative estimate of drug-likeness (QED) is 0.489. The molecule has 0 spiro atoms. The minimum Gasteiger partial charge on any atom is -0.484 e. The van der Waals surface area contributed by atoms with Crippen LogP contribution in [-0.2, 0) is 9.53 Å². The van der Waals surface area contributed by atoms with E-state index in [0.29, 0.717) is 21.3 Å². The number of benzene rings is 2. The molecule has 0 saturated heterocycles. The van der Waals surface area contributed by atoms with E-state index in [1.165, 1.54) is 18.4 Å². The van der Waals surface area contributed by atoms with E-state index < -0.39 is 5.97 Å². The van der Waals surface area contributed by atoms with Crippen LogP contribution in [-0.4, -0.2) is 25.6 Å². The number of methoxy groups -OCH3 is 1. The summed E-state index contributed by atoms with van der Waals surface area (Å²) in [6.45, 7) is 5.47. The summed E-state index contributed by atoms with van der Waals surface area (Å²) in [5.41, 5.74) is 3.74. The minimum atomic E-state index is -0.502. The second kappa shape index (κ2) is 9.32. The third-order valence-electron chi connectivity index (χ3n) is 4.57. The van der Waals surface area contributed by atoms with Crippen LogP contribution in [0.15, 0.2) is 42.5 Å². The number of carbonyl (C=O) groups excluding carboxylic acids is 2. The molecule has 0 aliphatic carbocycles. The number of esters is 1. The average molecular weight is 444 g/mol. The molecule has 3 rings (SSSR count). The van der Waals surface area contributed by atoms with Crippen LogP contribution in [0.25, 0.3) is 11.1 Å². The average Bonchev–Trinajstić information content (AvgIpc) is 3.05. The van der Waals surface area contributed by atoms with Crippen molar-refractivity contribution in [1.82, 2.24) is 0 Å². The van der Waals surface area contributed by atoms with Crippen LogP contribution in [0, 0.1) is 20.8 Å². The predicted molar refractivity (Wildman–Crippen MR) is 121 cm³/mol. The summed E-state index contributed by atoms with van der Waals surface area (Å²) in [7, 11) is 1.32. The lowest BCUT2D eigenvalue weighted by molar-refractivity contribution is -0.118. The van der Waals surface area contributed by atoms with E-state index in [1.807, 2.05) is 51.1 Å². The van der Waals surface area contributed by atoms with Crippen LogP contribution in [0.1, 0.15) is 26.4 Å². The van der Waals surface area contributed by atoms with Gasteiger partial charge < -0.3 is 14.8 Å². The summed E-state index contributed by atoms with van der Waals surface area (Å²) < 4.78 is 10.6. The second-order valence-corrected chi connectivity index (χ2v) is 8.41. The number of amides is 1. The van der Waals surface area contributed by atoms with E-state index in [2.05, 4.69) is 5.32 Å². The maximum atomic E-state index is 12.5. The van der Waals surface area contributed by atoms with Crippen molar-refractivity contribution in [3.05, 3.63) is 69.1 Å². The highest BCUT2D eigenvalue weighted by Crippen LogP contribution is 2.40. The summed E-state index contributed by atoms with van der Waals surface area (Å²) in [6, 6.07) is 13.1. The van der Waals surface area contributed by atoms with Crippen LogP contribution in [0.3, 0.4) is 0 Å². The van der Waals surface area contributed by atoms with Crippen molar-refractivity contribution < 1.29 is 19.1 Å². The third kappa shape index (κ3) is 4.66. The van der Waals surface area contributed by atoms with Crippen LogP contribution >= 0.6 is 22.9 Å². The summed E-state index contributed by atoms with van der Waals surface area (Å²) in [5, 5.41) is 3.91. The molecule has 0 aliphatic heterocycles. The van der Waals surface area contributed by atoms with Crippen LogP contribution in [0.2, 0.25) is 5.02 Å². The molecule has 5 nitrogen and oxygen atoms in total. The molecule has 0 aliphatic rings. The maximum Gasteiger partial charge on any atom is 0.341 e. The van der Waals surface area contributed by atoms with Crippen molar-refractivity contribution in [2.45, 2.75) is 20.8 Å². The molecule has 1 N–H and O–H groups in total. The standard InChI is InChI=1S/C23H22ClNO4S/c1-13-10-17(11-14(2)21(13)24)29-12-18(26)25-22-20(23(27)28-4)19(15(3)30-22)16-8-6-5-7-9-16/h5-11H,12H2,1-4H3,(H,25,26). The molecule has 2 aromatic carbocycles. The number of ether oxygens (including phenoxy) is 2. The topological polar surface area (TPSA) is 64.6 Å². The number of rotatable bonds is 6. The molecule has 1 heterocycles. The Balaban J connectivity index is 1.82.